The number of hydrogen-bond acceptors (Lipinski definition) is 6. The molecule has 0 bridgehead atoms. The minimum atomic E-state index is -1.49. The summed E-state index contributed by atoms with van der Waals surface area (Å²) in [6.07, 6.45) is 0. The van der Waals surface area contributed by atoms with Gasteiger partial charge in [-0.1, -0.05) is 18.2 Å². The van der Waals surface area contributed by atoms with Crippen LogP contribution in [0.15, 0.2) is 52.9 Å². The van der Waals surface area contributed by atoms with Gasteiger partial charge in [-0.15, -0.1) is 0 Å². The predicted octanol–water partition coefficient (Wildman–Crippen LogP) is 2.41. The molecule has 1 heterocycles. The highest BCUT2D eigenvalue weighted by molar-refractivity contribution is 6.39. The van der Waals surface area contributed by atoms with Crippen molar-refractivity contribution in [3.8, 4) is 11.5 Å². The number of methoxy groups -OCH3 is 2. The average Bonchev–Trinajstić information content (AvgIpc) is 3.17. The standard InChI is InChI=1S/C21H22N2O6/c1-21(26,18-10-13-6-4-5-7-16(13)29-18)12-22-19(24)20(25)23-15-9-8-14(27-2)11-17(15)28-3/h4-11,26H,12H2,1-3H3,(H,22,24)(H,23,25). The first-order valence-corrected chi connectivity index (χ1v) is 8.86. The highest BCUT2D eigenvalue weighted by atomic mass is 16.5. The Kier molecular flexibility index (Phi) is 5.74. The van der Waals surface area contributed by atoms with Gasteiger partial charge in [0.1, 0.15) is 28.4 Å². The van der Waals surface area contributed by atoms with Crippen LogP contribution in [0.5, 0.6) is 11.5 Å². The van der Waals surface area contributed by atoms with Crippen LogP contribution in [0.1, 0.15) is 12.7 Å². The predicted molar refractivity (Wildman–Crippen MR) is 107 cm³/mol. The summed E-state index contributed by atoms with van der Waals surface area (Å²) in [6.45, 7) is 1.29. The lowest BCUT2D eigenvalue weighted by Crippen LogP contribution is -2.43. The Morgan fingerprint density at radius 2 is 1.83 bits per heavy atom. The molecular weight excluding hydrogens is 376 g/mol. The number of fused-ring (bicyclic) bond motifs is 1. The van der Waals surface area contributed by atoms with Crippen LogP contribution in [-0.4, -0.2) is 37.7 Å². The van der Waals surface area contributed by atoms with Crippen molar-refractivity contribution in [2.24, 2.45) is 0 Å². The van der Waals surface area contributed by atoms with Gasteiger partial charge in [0.2, 0.25) is 0 Å². The molecule has 1 aromatic heterocycles. The highest BCUT2D eigenvalue weighted by Crippen LogP contribution is 2.29. The van der Waals surface area contributed by atoms with E-state index in [1.165, 1.54) is 21.1 Å². The van der Waals surface area contributed by atoms with Crippen molar-refractivity contribution < 1.29 is 28.6 Å². The van der Waals surface area contributed by atoms with Crippen LogP contribution in [0.3, 0.4) is 0 Å². The molecule has 8 nitrogen and oxygen atoms in total. The summed E-state index contributed by atoms with van der Waals surface area (Å²) in [4.78, 5) is 24.4. The molecule has 0 spiro atoms. The summed E-state index contributed by atoms with van der Waals surface area (Å²) in [5.41, 5.74) is -0.553. The maximum atomic E-state index is 12.2. The van der Waals surface area contributed by atoms with E-state index in [9.17, 15) is 14.7 Å². The van der Waals surface area contributed by atoms with E-state index in [1.807, 2.05) is 18.2 Å². The molecular formula is C21H22N2O6. The number of ether oxygens (including phenoxy) is 2. The maximum Gasteiger partial charge on any atom is 0.313 e. The lowest BCUT2D eigenvalue weighted by atomic mass is 10.0. The number of anilines is 1. The normalized spacial score (nSPS) is 12.8. The molecule has 1 unspecified atom stereocenters. The van der Waals surface area contributed by atoms with Crippen LogP contribution >= 0.6 is 0 Å². The van der Waals surface area contributed by atoms with Crippen molar-refractivity contribution in [2.75, 3.05) is 26.1 Å². The number of carbonyl (C=O) groups is 2. The smallest absolute Gasteiger partial charge is 0.313 e. The molecule has 0 radical (unpaired) electrons. The molecule has 8 heteroatoms. The monoisotopic (exact) mass is 398 g/mol. The molecule has 3 rings (SSSR count). The van der Waals surface area contributed by atoms with Gasteiger partial charge < -0.3 is 29.6 Å². The molecule has 3 N–H and O–H groups in total. The molecule has 0 aliphatic rings. The zero-order chi connectivity index (χ0) is 21.0. The van der Waals surface area contributed by atoms with Crippen LogP contribution < -0.4 is 20.1 Å². The lowest BCUT2D eigenvalue weighted by Gasteiger charge is -2.21. The minimum Gasteiger partial charge on any atom is -0.497 e. The summed E-state index contributed by atoms with van der Waals surface area (Å²) in [5, 5.41) is 16.4. The van der Waals surface area contributed by atoms with E-state index >= 15 is 0 Å². The zero-order valence-electron chi connectivity index (χ0n) is 16.3. The van der Waals surface area contributed by atoms with Gasteiger partial charge in [-0.25, -0.2) is 0 Å². The van der Waals surface area contributed by atoms with Crippen molar-refractivity contribution in [3.63, 3.8) is 0 Å². The second kappa shape index (κ2) is 8.24. The number of rotatable bonds is 6. The zero-order valence-corrected chi connectivity index (χ0v) is 16.3. The van der Waals surface area contributed by atoms with Crippen molar-refractivity contribution in [2.45, 2.75) is 12.5 Å². The van der Waals surface area contributed by atoms with E-state index < -0.39 is 17.4 Å². The fraction of sp³-hybridized carbons (Fsp3) is 0.238. The van der Waals surface area contributed by atoms with Gasteiger partial charge in [0, 0.05) is 11.5 Å². The van der Waals surface area contributed by atoms with Gasteiger partial charge in [-0.05, 0) is 31.2 Å². The van der Waals surface area contributed by atoms with E-state index in [1.54, 1.807) is 30.3 Å². The number of nitrogens with one attached hydrogen (secondary N) is 2. The fourth-order valence-electron chi connectivity index (χ4n) is 2.75. The quantitative estimate of drug-likeness (QED) is 0.550. The van der Waals surface area contributed by atoms with E-state index in [0.717, 1.165) is 5.39 Å². The summed E-state index contributed by atoms with van der Waals surface area (Å²) in [6, 6.07) is 13.8. The second-order valence-electron chi connectivity index (χ2n) is 6.63. The number of carbonyl (C=O) groups excluding carboxylic acids is 2. The number of hydrogen-bond donors (Lipinski definition) is 3. The summed E-state index contributed by atoms with van der Waals surface area (Å²) in [7, 11) is 2.95. The molecule has 0 aliphatic carbocycles. The van der Waals surface area contributed by atoms with E-state index in [4.69, 9.17) is 13.9 Å². The van der Waals surface area contributed by atoms with Crippen molar-refractivity contribution in [1.29, 1.82) is 0 Å². The first-order chi connectivity index (χ1) is 13.8. The Bertz CT molecular complexity index is 1010. The van der Waals surface area contributed by atoms with Gasteiger partial charge in [-0.3, -0.25) is 9.59 Å². The van der Waals surface area contributed by atoms with Gasteiger partial charge in [0.15, 0.2) is 0 Å². The topological polar surface area (TPSA) is 110 Å². The molecule has 1 atom stereocenters. The SMILES string of the molecule is COc1ccc(NC(=O)C(=O)NCC(C)(O)c2cc3ccccc3o2)c(OC)c1. The number of para-hydroxylation sites is 1. The van der Waals surface area contributed by atoms with Crippen molar-refractivity contribution in [3.05, 3.63) is 54.3 Å². The van der Waals surface area contributed by atoms with Gasteiger partial charge >= 0.3 is 11.8 Å². The molecule has 0 fully saturated rings. The molecule has 29 heavy (non-hydrogen) atoms. The first kappa shape index (κ1) is 20.2. The molecule has 152 valence electrons. The third-order valence-electron chi connectivity index (χ3n) is 4.41. The maximum absolute atomic E-state index is 12.2. The third-order valence-corrected chi connectivity index (χ3v) is 4.41. The van der Waals surface area contributed by atoms with Gasteiger partial charge in [0.25, 0.3) is 0 Å². The summed E-state index contributed by atoms with van der Waals surface area (Å²) >= 11 is 0. The van der Waals surface area contributed by atoms with Gasteiger partial charge in [-0.2, -0.15) is 0 Å². The number of furan rings is 1. The van der Waals surface area contributed by atoms with Crippen LogP contribution in [0.4, 0.5) is 5.69 Å². The number of amides is 2. The fourth-order valence-corrected chi connectivity index (χ4v) is 2.75. The molecule has 0 saturated heterocycles. The summed E-state index contributed by atoms with van der Waals surface area (Å²) in [5.74, 6) is -0.615. The van der Waals surface area contributed by atoms with Crippen LogP contribution in [0.2, 0.25) is 0 Å². The van der Waals surface area contributed by atoms with Crippen molar-refractivity contribution >= 4 is 28.5 Å². The van der Waals surface area contributed by atoms with Crippen LogP contribution in [-0.2, 0) is 15.2 Å². The Hall–Kier alpha value is -3.52. The van der Waals surface area contributed by atoms with Crippen LogP contribution in [0, 0.1) is 0 Å². The third kappa shape index (κ3) is 4.49. The largest absolute Gasteiger partial charge is 0.497 e. The van der Waals surface area contributed by atoms with E-state index in [0.29, 0.717) is 22.8 Å². The Morgan fingerprint density at radius 3 is 2.52 bits per heavy atom. The second-order valence-corrected chi connectivity index (χ2v) is 6.63. The highest BCUT2D eigenvalue weighted by Gasteiger charge is 2.29. The van der Waals surface area contributed by atoms with E-state index in [-0.39, 0.29) is 12.3 Å². The Morgan fingerprint density at radius 1 is 1.07 bits per heavy atom. The van der Waals surface area contributed by atoms with Crippen LogP contribution in [0.25, 0.3) is 11.0 Å². The summed E-state index contributed by atoms with van der Waals surface area (Å²) < 4.78 is 15.9. The molecule has 2 aromatic carbocycles. The lowest BCUT2D eigenvalue weighted by molar-refractivity contribution is -0.136. The molecule has 0 aliphatic heterocycles. The van der Waals surface area contributed by atoms with Crippen molar-refractivity contribution in [1.82, 2.24) is 5.32 Å². The Balaban J connectivity index is 1.64. The molecule has 0 saturated carbocycles. The van der Waals surface area contributed by atoms with E-state index in [2.05, 4.69) is 10.6 Å². The minimum absolute atomic E-state index is 0.210. The first-order valence-electron chi connectivity index (χ1n) is 8.86. The Labute approximate surface area is 167 Å². The number of aliphatic hydroxyl groups is 1. The van der Waals surface area contributed by atoms with Gasteiger partial charge in [0.05, 0.1) is 26.5 Å². The molecule has 2 amide bonds. The average molecular weight is 398 g/mol. The molecule has 3 aromatic rings. The number of benzene rings is 2.